The minimum Gasteiger partial charge on any atom is -0.468 e. The summed E-state index contributed by atoms with van der Waals surface area (Å²) in [7, 11) is 1.42. The number of nitrogens with zero attached hydrogens (tertiary/aromatic N) is 2. The number of rotatable bonds is 6. The molecule has 1 aliphatic rings. The van der Waals surface area contributed by atoms with Gasteiger partial charge >= 0.3 is 5.97 Å². The molecule has 0 aliphatic carbocycles. The van der Waals surface area contributed by atoms with Crippen LogP contribution in [-0.2, 0) is 14.4 Å². The van der Waals surface area contributed by atoms with Gasteiger partial charge in [0, 0.05) is 6.04 Å². The van der Waals surface area contributed by atoms with Crippen LogP contribution in [0.3, 0.4) is 0 Å². The zero-order valence-corrected chi connectivity index (χ0v) is 11.8. The zero-order chi connectivity index (χ0) is 13.5. The van der Waals surface area contributed by atoms with Crippen LogP contribution in [0.4, 0.5) is 0 Å². The van der Waals surface area contributed by atoms with Crippen molar-refractivity contribution in [3.05, 3.63) is 0 Å². The molecule has 0 aromatic carbocycles. The topological polar surface area (TPSA) is 51.1 Å². The molecular formula is C13H24N2O3. The highest BCUT2D eigenvalue weighted by Crippen LogP contribution is 2.17. The highest BCUT2D eigenvalue weighted by Gasteiger charge is 2.27. The molecule has 1 atom stereocenters. The summed E-state index contributed by atoms with van der Waals surface area (Å²) in [6.45, 7) is 7.95. The maximum Gasteiger partial charge on any atom is 0.319 e. The van der Waals surface area contributed by atoms with E-state index in [4.69, 9.17) is 4.84 Å². The van der Waals surface area contributed by atoms with Crippen molar-refractivity contribution in [2.75, 3.05) is 26.8 Å². The van der Waals surface area contributed by atoms with Gasteiger partial charge in [-0.05, 0) is 32.2 Å². The van der Waals surface area contributed by atoms with E-state index in [9.17, 15) is 4.79 Å². The lowest BCUT2D eigenvalue weighted by molar-refractivity contribution is -0.142. The highest BCUT2D eigenvalue weighted by atomic mass is 16.6. The van der Waals surface area contributed by atoms with Crippen LogP contribution in [0.5, 0.6) is 0 Å². The summed E-state index contributed by atoms with van der Waals surface area (Å²) in [5, 5.41) is 4.09. The first kappa shape index (κ1) is 15.0. The Morgan fingerprint density at radius 3 is 2.83 bits per heavy atom. The summed E-state index contributed by atoms with van der Waals surface area (Å²) in [4.78, 5) is 18.7. The lowest BCUT2D eigenvalue weighted by Crippen LogP contribution is -2.37. The fourth-order valence-corrected chi connectivity index (χ4v) is 1.85. The molecule has 104 valence electrons. The van der Waals surface area contributed by atoms with Crippen molar-refractivity contribution < 1.29 is 14.4 Å². The van der Waals surface area contributed by atoms with Crippen molar-refractivity contribution in [2.45, 2.75) is 39.7 Å². The van der Waals surface area contributed by atoms with E-state index < -0.39 is 0 Å². The Hall–Kier alpha value is -1.10. The largest absolute Gasteiger partial charge is 0.468 e. The van der Waals surface area contributed by atoms with Gasteiger partial charge in [0.25, 0.3) is 0 Å². The Morgan fingerprint density at radius 1 is 1.50 bits per heavy atom. The molecule has 5 nitrogen and oxygen atoms in total. The molecule has 0 aromatic rings. The number of likely N-dealkylation sites (tertiary alicyclic amines) is 1. The maximum absolute atomic E-state index is 11.3. The second-order valence-corrected chi connectivity index (χ2v) is 5.03. The van der Waals surface area contributed by atoms with Crippen molar-refractivity contribution in [3.8, 4) is 0 Å². The van der Waals surface area contributed by atoms with Crippen LogP contribution in [0.25, 0.3) is 0 Å². The maximum atomic E-state index is 11.3. The lowest BCUT2D eigenvalue weighted by atomic mass is 10.1. The Bertz CT molecular complexity index is 303. The van der Waals surface area contributed by atoms with Crippen LogP contribution in [0.1, 0.15) is 33.6 Å². The molecule has 0 saturated carbocycles. The van der Waals surface area contributed by atoms with Gasteiger partial charge in [0.05, 0.1) is 19.4 Å². The monoisotopic (exact) mass is 256 g/mol. The number of hydrogen-bond donors (Lipinski definition) is 0. The number of ether oxygens (including phenoxy) is 1. The molecule has 0 N–H and O–H groups in total. The van der Waals surface area contributed by atoms with Gasteiger partial charge in [-0.3, -0.25) is 9.69 Å². The Morgan fingerprint density at radius 2 is 2.22 bits per heavy atom. The average Bonchev–Trinajstić information content (AvgIpc) is 2.76. The van der Waals surface area contributed by atoms with Gasteiger partial charge < -0.3 is 9.57 Å². The number of hydrogen-bond acceptors (Lipinski definition) is 5. The predicted octanol–water partition coefficient (Wildman–Crippen LogP) is 1.67. The van der Waals surface area contributed by atoms with Gasteiger partial charge in [0.2, 0.25) is 0 Å². The number of oxime groups is 1. The third-order valence-electron chi connectivity index (χ3n) is 3.37. The Kier molecular flexibility index (Phi) is 6.12. The smallest absolute Gasteiger partial charge is 0.319 e. The Labute approximate surface area is 109 Å². The SMILES string of the molecule is COC(=O)CN1CCC[C@@H]1CO/N=C(\C)C(C)C. The summed E-state index contributed by atoms with van der Waals surface area (Å²) in [6.07, 6.45) is 2.14. The molecule has 0 radical (unpaired) electrons. The second-order valence-electron chi connectivity index (χ2n) is 5.03. The highest BCUT2D eigenvalue weighted by molar-refractivity contribution is 5.83. The van der Waals surface area contributed by atoms with E-state index in [1.165, 1.54) is 7.11 Å². The van der Waals surface area contributed by atoms with Gasteiger partial charge in [0.1, 0.15) is 6.61 Å². The summed E-state index contributed by atoms with van der Waals surface area (Å²) >= 11 is 0. The van der Waals surface area contributed by atoms with E-state index in [1.54, 1.807) is 0 Å². The normalized spacial score (nSPS) is 21.4. The van der Waals surface area contributed by atoms with E-state index in [-0.39, 0.29) is 12.0 Å². The van der Waals surface area contributed by atoms with Gasteiger partial charge in [0.15, 0.2) is 0 Å². The van der Waals surface area contributed by atoms with Crippen molar-refractivity contribution in [1.82, 2.24) is 4.90 Å². The molecule has 1 aliphatic heterocycles. The van der Waals surface area contributed by atoms with Gasteiger partial charge in [-0.25, -0.2) is 0 Å². The predicted molar refractivity (Wildman–Crippen MR) is 70.5 cm³/mol. The van der Waals surface area contributed by atoms with Crippen molar-refractivity contribution >= 4 is 11.7 Å². The average molecular weight is 256 g/mol. The first-order chi connectivity index (χ1) is 8.54. The van der Waals surface area contributed by atoms with E-state index in [0.29, 0.717) is 19.1 Å². The summed E-state index contributed by atoms with van der Waals surface area (Å²) in [6, 6.07) is 0.271. The molecule has 0 aromatic heterocycles. The number of carbonyl (C=O) groups is 1. The molecule has 1 heterocycles. The number of esters is 1. The lowest BCUT2D eigenvalue weighted by Gasteiger charge is -2.21. The quantitative estimate of drug-likeness (QED) is 0.412. The molecule has 1 saturated heterocycles. The van der Waals surface area contributed by atoms with Gasteiger partial charge in [-0.1, -0.05) is 19.0 Å². The van der Waals surface area contributed by atoms with Crippen LogP contribution in [0.2, 0.25) is 0 Å². The van der Waals surface area contributed by atoms with E-state index in [1.807, 2.05) is 6.92 Å². The van der Waals surface area contributed by atoms with E-state index in [2.05, 4.69) is 28.6 Å². The summed E-state index contributed by atoms with van der Waals surface area (Å²) in [5.41, 5.74) is 0.993. The van der Waals surface area contributed by atoms with Crippen LogP contribution in [0.15, 0.2) is 5.16 Å². The first-order valence-corrected chi connectivity index (χ1v) is 6.52. The van der Waals surface area contributed by atoms with Gasteiger partial charge in [-0.2, -0.15) is 0 Å². The Balaban J connectivity index is 2.36. The fourth-order valence-electron chi connectivity index (χ4n) is 1.85. The zero-order valence-electron chi connectivity index (χ0n) is 11.8. The van der Waals surface area contributed by atoms with Crippen molar-refractivity contribution in [3.63, 3.8) is 0 Å². The molecule has 5 heteroatoms. The number of carbonyl (C=O) groups excluding carboxylic acids is 1. The second kappa shape index (κ2) is 7.36. The van der Waals surface area contributed by atoms with Crippen molar-refractivity contribution in [1.29, 1.82) is 0 Å². The minimum atomic E-state index is -0.191. The molecule has 1 rings (SSSR count). The molecule has 1 fully saturated rings. The van der Waals surface area contributed by atoms with Gasteiger partial charge in [-0.15, -0.1) is 0 Å². The van der Waals surface area contributed by atoms with Crippen molar-refractivity contribution in [2.24, 2.45) is 11.1 Å². The van der Waals surface area contributed by atoms with Crippen LogP contribution in [0, 0.1) is 5.92 Å². The third kappa shape index (κ3) is 4.64. The molecule has 0 bridgehead atoms. The molecule has 0 spiro atoms. The summed E-state index contributed by atoms with van der Waals surface area (Å²) < 4.78 is 4.69. The van der Waals surface area contributed by atoms with Crippen LogP contribution >= 0.6 is 0 Å². The molecule has 0 amide bonds. The standard InChI is InChI=1S/C13H24N2O3/c1-10(2)11(3)14-18-9-12-6-5-7-15(12)8-13(16)17-4/h10,12H,5-9H2,1-4H3/b14-11+/t12-/m1/s1. The molecule has 18 heavy (non-hydrogen) atoms. The fraction of sp³-hybridized carbons (Fsp3) is 0.846. The van der Waals surface area contributed by atoms with Crippen LogP contribution in [-0.4, -0.2) is 49.4 Å². The third-order valence-corrected chi connectivity index (χ3v) is 3.37. The number of methoxy groups -OCH3 is 1. The van der Waals surface area contributed by atoms with E-state index in [0.717, 1.165) is 25.1 Å². The first-order valence-electron chi connectivity index (χ1n) is 6.52. The van der Waals surface area contributed by atoms with Crippen LogP contribution < -0.4 is 0 Å². The molecule has 0 unspecified atom stereocenters. The summed E-state index contributed by atoms with van der Waals surface area (Å²) in [5.74, 6) is 0.212. The molecular weight excluding hydrogens is 232 g/mol. The van der Waals surface area contributed by atoms with E-state index >= 15 is 0 Å². The minimum absolute atomic E-state index is 0.191.